The minimum atomic E-state index is 0.279. The maximum atomic E-state index is 5.05. The molecule has 0 bridgehead atoms. The summed E-state index contributed by atoms with van der Waals surface area (Å²) >= 11 is 0. The SMILES string of the molecule is Cc1ccc(CNC(C)c2ccoc2)nc1. The Morgan fingerprint density at radius 2 is 2.25 bits per heavy atom. The van der Waals surface area contributed by atoms with E-state index in [1.807, 2.05) is 25.3 Å². The first kappa shape index (κ1) is 10.9. The van der Waals surface area contributed by atoms with Gasteiger partial charge in [-0.1, -0.05) is 6.07 Å². The van der Waals surface area contributed by atoms with Crippen molar-refractivity contribution in [3.63, 3.8) is 0 Å². The first-order valence-electron chi connectivity index (χ1n) is 5.43. The van der Waals surface area contributed by atoms with E-state index in [1.54, 1.807) is 12.5 Å². The van der Waals surface area contributed by atoms with Crippen LogP contribution in [-0.2, 0) is 6.54 Å². The van der Waals surface area contributed by atoms with Gasteiger partial charge in [0.25, 0.3) is 0 Å². The molecule has 3 nitrogen and oxygen atoms in total. The normalized spacial score (nSPS) is 12.6. The monoisotopic (exact) mass is 216 g/mol. The Labute approximate surface area is 95.5 Å². The van der Waals surface area contributed by atoms with Gasteiger partial charge in [-0.3, -0.25) is 4.98 Å². The second-order valence-electron chi connectivity index (χ2n) is 3.99. The molecule has 3 heteroatoms. The molecule has 84 valence electrons. The van der Waals surface area contributed by atoms with Crippen molar-refractivity contribution >= 4 is 0 Å². The average Bonchev–Trinajstić information content (AvgIpc) is 2.81. The Bertz CT molecular complexity index is 420. The van der Waals surface area contributed by atoms with E-state index in [2.05, 4.69) is 23.3 Å². The zero-order chi connectivity index (χ0) is 11.4. The van der Waals surface area contributed by atoms with Crippen LogP contribution in [0, 0.1) is 6.92 Å². The number of furan rings is 1. The minimum absolute atomic E-state index is 0.279. The third-order valence-corrected chi connectivity index (χ3v) is 2.61. The fourth-order valence-corrected chi connectivity index (χ4v) is 1.50. The van der Waals surface area contributed by atoms with Crippen molar-refractivity contribution in [2.24, 2.45) is 0 Å². The van der Waals surface area contributed by atoms with E-state index in [0.717, 1.165) is 17.8 Å². The van der Waals surface area contributed by atoms with Gasteiger partial charge in [0.15, 0.2) is 0 Å². The predicted molar refractivity (Wildman–Crippen MR) is 62.9 cm³/mol. The molecule has 0 spiro atoms. The number of hydrogen-bond donors (Lipinski definition) is 1. The summed E-state index contributed by atoms with van der Waals surface area (Å²) in [5.74, 6) is 0. The van der Waals surface area contributed by atoms with Gasteiger partial charge in [0, 0.05) is 24.3 Å². The third kappa shape index (κ3) is 2.70. The van der Waals surface area contributed by atoms with E-state index in [-0.39, 0.29) is 6.04 Å². The molecule has 0 aliphatic carbocycles. The van der Waals surface area contributed by atoms with E-state index >= 15 is 0 Å². The van der Waals surface area contributed by atoms with E-state index in [9.17, 15) is 0 Å². The highest BCUT2D eigenvalue weighted by Gasteiger charge is 2.05. The van der Waals surface area contributed by atoms with Crippen molar-refractivity contribution in [1.82, 2.24) is 10.3 Å². The lowest BCUT2D eigenvalue weighted by Crippen LogP contribution is -2.18. The molecular weight excluding hydrogens is 200 g/mol. The van der Waals surface area contributed by atoms with Gasteiger partial charge in [-0.15, -0.1) is 0 Å². The fourth-order valence-electron chi connectivity index (χ4n) is 1.50. The Balaban J connectivity index is 1.90. The zero-order valence-corrected chi connectivity index (χ0v) is 9.60. The highest BCUT2D eigenvalue weighted by atomic mass is 16.3. The molecule has 2 aromatic rings. The standard InChI is InChI=1S/C13H16N2O/c1-10-3-4-13(15-7-10)8-14-11(2)12-5-6-16-9-12/h3-7,9,11,14H,8H2,1-2H3. The number of hydrogen-bond acceptors (Lipinski definition) is 3. The first-order chi connectivity index (χ1) is 7.75. The van der Waals surface area contributed by atoms with Crippen molar-refractivity contribution in [1.29, 1.82) is 0 Å². The van der Waals surface area contributed by atoms with Crippen LogP contribution in [0.1, 0.15) is 29.8 Å². The van der Waals surface area contributed by atoms with Crippen LogP contribution >= 0.6 is 0 Å². The molecule has 0 saturated heterocycles. The van der Waals surface area contributed by atoms with Crippen molar-refractivity contribution in [2.75, 3.05) is 0 Å². The van der Waals surface area contributed by atoms with Crippen molar-refractivity contribution in [3.05, 3.63) is 53.7 Å². The lowest BCUT2D eigenvalue weighted by molar-refractivity contribution is 0.536. The molecule has 0 aromatic carbocycles. The number of aromatic nitrogens is 1. The van der Waals surface area contributed by atoms with Crippen LogP contribution < -0.4 is 5.32 Å². The molecule has 0 aliphatic heterocycles. The predicted octanol–water partition coefficient (Wildman–Crippen LogP) is 2.83. The van der Waals surface area contributed by atoms with Crippen molar-refractivity contribution in [3.8, 4) is 0 Å². The molecule has 0 aliphatic rings. The molecule has 1 unspecified atom stereocenters. The topological polar surface area (TPSA) is 38.1 Å². The smallest absolute Gasteiger partial charge is 0.0950 e. The largest absolute Gasteiger partial charge is 0.472 e. The minimum Gasteiger partial charge on any atom is -0.472 e. The summed E-state index contributed by atoms with van der Waals surface area (Å²) in [6.45, 7) is 4.92. The summed E-state index contributed by atoms with van der Waals surface area (Å²) in [5, 5.41) is 3.40. The fraction of sp³-hybridized carbons (Fsp3) is 0.308. The third-order valence-electron chi connectivity index (χ3n) is 2.61. The molecule has 1 N–H and O–H groups in total. The molecule has 2 heterocycles. The quantitative estimate of drug-likeness (QED) is 0.854. The van der Waals surface area contributed by atoms with Crippen molar-refractivity contribution in [2.45, 2.75) is 26.4 Å². The summed E-state index contributed by atoms with van der Waals surface area (Å²) in [6.07, 6.45) is 5.34. The Morgan fingerprint density at radius 1 is 1.38 bits per heavy atom. The lowest BCUT2D eigenvalue weighted by Gasteiger charge is -2.11. The molecule has 2 rings (SSSR count). The van der Waals surface area contributed by atoms with E-state index in [1.165, 1.54) is 5.56 Å². The van der Waals surface area contributed by atoms with Gasteiger partial charge >= 0.3 is 0 Å². The number of pyridine rings is 1. The number of aryl methyl sites for hydroxylation is 1. The van der Waals surface area contributed by atoms with Gasteiger partial charge in [-0.05, 0) is 31.5 Å². The molecule has 0 saturated carbocycles. The van der Waals surface area contributed by atoms with Gasteiger partial charge in [0.1, 0.15) is 0 Å². The second-order valence-corrected chi connectivity index (χ2v) is 3.99. The number of rotatable bonds is 4. The summed E-state index contributed by atoms with van der Waals surface area (Å²) in [4.78, 5) is 4.35. The Kier molecular flexibility index (Phi) is 3.37. The van der Waals surface area contributed by atoms with Crippen LogP contribution in [0.15, 0.2) is 41.3 Å². The molecule has 0 fully saturated rings. The van der Waals surface area contributed by atoms with E-state index < -0.39 is 0 Å². The lowest BCUT2D eigenvalue weighted by atomic mass is 10.2. The molecular formula is C13H16N2O. The van der Waals surface area contributed by atoms with Crippen LogP contribution in [0.4, 0.5) is 0 Å². The van der Waals surface area contributed by atoms with E-state index in [0.29, 0.717) is 0 Å². The maximum absolute atomic E-state index is 5.05. The highest BCUT2D eigenvalue weighted by Crippen LogP contribution is 2.12. The number of nitrogens with one attached hydrogen (secondary N) is 1. The zero-order valence-electron chi connectivity index (χ0n) is 9.60. The van der Waals surface area contributed by atoms with Crippen LogP contribution in [0.5, 0.6) is 0 Å². The average molecular weight is 216 g/mol. The summed E-state index contributed by atoms with van der Waals surface area (Å²) in [6, 6.07) is 6.37. The van der Waals surface area contributed by atoms with Crippen molar-refractivity contribution < 1.29 is 4.42 Å². The number of nitrogens with zero attached hydrogens (tertiary/aromatic N) is 1. The molecule has 1 atom stereocenters. The van der Waals surface area contributed by atoms with Crippen LogP contribution in [0.3, 0.4) is 0 Å². The molecule has 0 radical (unpaired) electrons. The first-order valence-corrected chi connectivity index (χ1v) is 5.43. The van der Waals surface area contributed by atoms with Crippen LogP contribution in [-0.4, -0.2) is 4.98 Å². The molecule has 16 heavy (non-hydrogen) atoms. The highest BCUT2D eigenvalue weighted by molar-refractivity contribution is 5.13. The van der Waals surface area contributed by atoms with Crippen LogP contribution in [0.25, 0.3) is 0 Å². The van der Waals surface area contributed by atoms with Gasteiger partial charge in [0.05, 0.1) is 18.2 Å². The van der Waals surface area contributed by atoms with Gasteiger partial charge in [0.2, 0.25) is 0 Å². The summed E-state index contributed by atoms with van der Waals surface area (Å²) < 4.78 is 5.05. The second kappa shape index (κ2) is 4.94. The van der Waals surface area contributed by atoms with E-state index in [4.69, 9.17) is 4.42 Å². The van der Waals surface area contributed by atoms with Gasteiger partial charge < -0.3 is 9.73 Å². The summed E-state index contributed by atoms with van der Waals surface area (Å²) in [7, 11) is 0. The summed E-state index contributed by atoms with van der Waals surface area (Å²) in [5.41, 5.74) is 3.40. The molecule has 0 amide bonds. The maximum Gasteiger partial charge on any atom is 0.0950 e. The Hall–Kier alpha value is -1.61. The van der Waals surface area contributed by atoms with Gasteiger partial charge in [-0.25, -0.2) is 0 Å². The van der Waals surface area contributed by atoms with Crippen LogP contribution in [0.2, 0.25) is 0 Å². The molecule has 2 aromatic heterocycles. The van der Waals surface area contributed by atoms with Gasteiger partial charge in [-0.2, -0.15) is 0 Å². The Morgan fingerprint density at radius 3 is 2.88 bits per heavy atom.